The molecule has 0 spiro atoms. The first kappa shape index (κ1) is 14.2. The third-order valence-electron chi connectivity index (χ3n) is 2.78. The fraction of sp³-hybridized carbons (Fsp3) is 0.462. The van der Waals surface area contributed by atoms with Crippen LogP contribution in [0.3, 0.4) is 0 Å². The second kappa shape index (κ2) is 6.17. The number of carbonyl (C=O) groups is 1. The number of carbonyl (C=O) groups excluding carboxylic acids is 1. The lowest BCUT2D eigenvalue weighted by Gasteiger charge is -2.22. The molecule has 1 aromatic rings. The zero-order valence-electron chi connectivity index (χ0n) is 10.5. The Labute approximate surface area is 111 Å². The number of hydrogen-bond acceptors (Lipinski definition) is 2. The first-order valence-corrected chi connectivity index (χ1v) is 6.46. The second-order valence-corrected chi connectivity index (χ2v) is 5.43. The van der Waals surface area contributed by atoms with Gasteiger partial charge in [0, 0.05) is 11.0 Å². The van der Waals surface area contributed by atoms with Crippen LogP contribution in [0, 0.1) is 0 Å². The second-order valence-electron chi connectivity index (χ2n) is 4.51. The molecule has 3 nitrogen and oxygen atoms in total. The number of nitrogens with one attached hydrogen (secondary N) is 2. The van der Waals surface area contributed by atoms with Crippen molar-refractivity contribution in [1.82, 2.24) is 10.6 Å². The monoisotopic (exact) mass is 298 g/mol. The largest absolute Gasteiger partial charge is 0.354 e. The van der Waals surface area contributed by atoms with Crippen LogP contribution in [0.25, 0.3) is 0 Å². The van der Waals surface area contributed by atoms with Crippen LogP contribution in [0.2, 0.25) is 0 Å². The van der Waals surface area contributed by atoms with E-state index in [-0.39, 0.29) is 5.91 Å². The van der Waals surface area contributed by atoms with E-state index in [0.29, 0.717) is 6.54 Å². The molecule has 0 aromatic heterocycles. The molecule has 0 saturated heterocycles. The van der Waals surface area contributed by atoms with E-state index in [1.807, 2.05) is 26.0 Å². The number of benzene rings is 1. The average molecular weight is 299 g/mol. The Morgan fingerprint density at radius 1 is 1.41 bits per heavy atom. The summed E-state index contributed by atoms with van der Waals surface area (Å²) in [5, 5.41) is 5.90. The fourth-order valence-electron chi connectivity index (χ4n) is 1.35. The molecule has 0 unspecified atom stereocenters. The molecule has 0 aliphatic rings. The first-order chi connectivity index (χ1) is 7.95. The summed E-state index contributed by atoms with van der Waals surface area (Å²) in [5.74, 6) is 0.0231. The number of amides is 1. The number of likely N-dealkylation sites (N-methyl/N-ethyl adjacent to an activating group) is 1. The summed E-state index contributed by atoms with van der Waals surface area (Å²) < 4.78 is 1.07. The summed E-state index contributed by atoms with van der Waals surface area (Å²) in [5.41, 5.74) is 0.694. The Morgan fingerprint density at radius 3 is 2.71 bits per heavy atom. The third-order valence-corrected chi connectivity index (χ3v) is 3.27. The van der Waals surface area contributed by atoms with Crippen molar-refractivity contribution in [3.8, 4) is 0 Å². The van der Waals surface area contributed by atoms with Crippen molar-refractivity contribution in [3.05, 3.63) is 34.3 Å². The lowest BCUT2D eigenvalue weighted by atomic mass is 10.1. The van der Waals surface area contributed by atoms with Crippen molar-refractivity contribution >= 4 is 21.8 Å². The van der Waals surface area contributed by atoms with Gasteiger partial charge in [0.2, 0.25) is 5.91 Å². The lowest BCUT2D eigenvalue weighted by Crippen LogP contribution is -2.51. The van der Waals surface area contributed by atoms with Gasteiger partial charge in [-0.15, -0.1) is 0 Å². The predicted molar refractivity (Wildman–Crippen MR) is 74.0 cm³/mol. The molecule has 0 fully saturated rings. The molecular formula is C13H19BrN2O. The molecule has 17 heavy (non-hydrogen) atoms. The zero-order chi connectivity index (χ0) is 12.9. The fourth-order valence-corrected chi connectivity index (χ4v) is 1.79. The molecule has 1 aromatic carbocycles. The van der Waals surface area contributed by atoms with Crippen LogP contribution in [0.15, 0.2) is 28.7 Å². The van der Waals surface area contributed by atoms with Crippen molar-refractivity contribution < 1.29 is 4.79 Å². The van der Waals surface area contributed by atoms with Gasteiger partial charge in [-0.3, -0.25) is 4.79 Å². The van der Waals surface area contributed by atoms with E-state index in [1.54, 1.807) is 7.05 Å². The van der Waals surface area contributed by atoms with Gasteiger partial charge < -0.3 is 10.6 Å². The standard InChI is InChI=1S/C13H19BrN2O/c1-13(2,15-3)12(17)16-8-7-10-5-4-6-11(14)9-10/h4-6,9,15H,7-8H2,1-3H3,(H,16,17). The van der Waals surface area contributed by atoms with E-state index < -0.39 is 5.54 Å². The summed E-state index contributed by atoms with van der Waals surface area (Å²) in [4.78, 5) is 11.8. The summed E-state index contributed by atoms with van der Waals surface area (Å²) in [6, 6.07) is 8.11. The van der Waals surface area contributed by atoms with E-state index in [1.165, 1.54) is 5.56 Å². The van der Waals surface area contributed by atoms with Crippen LogP contribution in [0.1, 0.15) is 19.4 Å². The van der Waals surface area contributed by atoms with Gasteiger partial charge in [0.05, 0.1) is 5.54 Å². The molecule has 0 radical (unpaired) electrons. The summed E-state index contributed by atoms with van der Waals surface area (Å²) in [6.45, 7) is 4.38. The van der Waals surface area contributed by atoms with Crippen molar-refractivity contribution in [2.75, 3.05) is 13.6 Å². The van der Waals surface area contributed by atoms with Gasteiger partial charge in [-0.2, -0.15) is 0 Å². The molecule has 0 bridgehead atoms. The van der Waals surface area contributed by atoms with Gasteiger partial charge in [-0.05, 0) is 45.0 Å². The van der Waals surface area contributed by atoms with Gasteiger partial charge >= 0.3 is 0 Å². The third kappa shape index (κ3) is 4.48. The van der Waals surface area contributed by atoms with Crippen molar-refractivity contribution in [2.45, 2.75) is 25.8 Å². The van der Waals surface area contributed by atoms with Crippen LogP contribution >= 0.6 is 15.9 Å². The highest BCUT2D eigenvalue weighted by Crippen LogP contribution is 2.11. The minimum absolute atomic E-state index is 0.0231. The van der Waals surface area contributed by atoms with E-state index in [4.69, 9.17) is 0 Å². The van der Waals surface area contributed by atoms with Gasteiger partial charge in [0.15, 0.2) is 0 Å². The first-order valence-electron chi connectivity index (χ1n) is 5.67. The number of halogens is 1. The van der Waals surface area contributed by atoms with E-state index in [9.17, 15) is 4.79 Å². The molecule has 1 rings (SSSR count). The van der Waals surface area contributed by atoms with E-state index in [0.717, 1.165) is 10.9 Å². The number of hydrogen-bond donors (Lipinski definition) is 2. The van der Waals surface area contributed by atoms with Crippen LogP contribution in [0.5, 0.6) is 0 Å². The lowest BCUT2D eigenvalue weighted by molar-refractivity contribution is -0.126. The minimum atomic E-state index is -0.517. The molecule has 0 heterocycles. The molecular weight excluding hydrogens is 280 g/mol. The highest BCUT2D eigenvalue weighted by Gasteiger charge is 2.24. The smallest absolute Gasteiger partial charge is 0.239 e. The maximum absolute atomic E-state index is 11.8. The molecule has 0 aliphatic carbocycles. The normalized spacial score (nSPS) is 11.3. The highest BCUT2D eigenvalue weighted by atomic mass is 79.9. The summed E-state index contributed by atoms with van der Waals surface area (Å²) in [6.07, 6.45) is 0.838. The maximum Gasteiger partial charge on any atom is 0.239 e. The summed E-state index contributed by atoms with van der Waals surface area (Å²) in [7, 11) is 1.79. The minimum Gasteiger partial charge on any atom is -0.354 e. The molecule has 2 N–H and O–H groups in total. The Morgan fingerprint density at radius 2 is 2.12 bits per heavy atom. The van der Waals surface area contributed by atoms with Gasteiger partial charge in [0.1, 0.15) is 0 Å². The molecule has 4 heteroatoms. The molecule has 1 amide bonds. The van der Waals surface area contributed by atoms with Gasteiger partial charge in [-0.1, -0.05) is 28.1 Å². The zero-order valence-corrected chi connectivity index (χ0v) is 12.1. The molecule has 94 valence electrons. The molecule has 0 atom stereocenters. The van der Waals surface area contributed by atoms with Crippen molar-refractivity contribution in [2.24, 2.45) is 0 Å². The average Bonchev–Trinajstić information content (AvgIpc) is 2.29. The topological polar surface area (TPSA) is 41.1 Å². The van der Waals surface area contributed by atoms with Crippen molar-refractivity contribution in [3.63, 3.8) is 0 Å². The summed E-state index contributed by atoms with van der Waals surface area (Å²) >= 11 is 3.43. The Balaban J connectivity index is 2.41. The van der Waals surface area contributed by atoms with Gasteiger partial charge in [0.25, 0.3) is 0 Å². The van der Waals surface area contributed by atoms with E-state index >= 15 is 0 Å². The van der Waals surface area contributed by atoms with Crippen molar-refractivity contribution in [1.29, 1.82) is 0 Å². The number of rotatable bonds is 5. The predicted octanol–water partition coefficient (Wildman–Crippen LogP) is 2.11. The molecule has 0 aliphatic heterocycles. The molecule has 0 saturated carbocycles. The quantitative estimate of drug-likeness (QED) is 0.874. The maximum atomic E-state index is 11.8. The van der Waals surface area contributed by atoms with E-state index in [2.05, 4.69) is 38.7 Å². The Bertz CT molecular complexity index is 391. The van der Waals surface area contributed by atoms with Crippen LogP contribution in [0.4, 0.5) is 0 Å². The van der Waals surface area contributed by atoms with Crippen LogP contribution in [-0.4, -0.2) is 25.0 Å². The Kier molecular flexibility index (Phi) is 5.15. The van der Waals surface area contributed by atoms with Crippen LogP contribution < -0.4 is 10.6 Å². The Hall–Kier alpha value is -0.870. The SMILES string of the molecule is CNC(C)(C)C(=O)NCCc1cccc(Br)c1. The highest BCUT2D eigenvalue weighted by molar-refractivity contribution is 9.10. The van der Waals surface area contributed by atoms with Crippen LogP contribution in [-0.2, 0) is 11.2 Å². The van der Waals surface area contributed by atoms with Gasteiger partial charge in [-0.25, -0.2) is 0 Å².